The first-order valence-electron chi connectivity index (χ1n) is 12.2. The van der Waals surface area contributed by atoms with Crippen LogP contribution in [0.4, 0.5) is 0 Å². The molecule has 1 N–H and O–H groups in total. The van der Waals surface area contributed by atoms with Crippen LogP contribution in [0, 0.1) is 5.92 Å². The second-order valence-corrected chi connectivity index (χ2v) is 8.97. The molecule has 2 saturated heterocycles. The molecule has 0 saturated carbocycles. The van der Waals surface area contributed by atoms with Crippen molar-refractivity contribution in [2.45, 2.75) is 45.7 Å². The minimum absolute atomic E-state index is 0.138. The van der Waals surface area contributed by atoms with Crippen molar-refractivity contribution >= 4 is 11.9 Å². The summed E-state index contributed by atoms with van der Waals surface area (Å²) in [6.45, 7) is 11.6. The predicted molar refractivity (Wildman–Crippen MR) is 130 cm³/mol. The van der Waals surface area contributed by atoms with Crippen LogP contribution in [0.25, 0.3) is 0 Å². The van der Waals surface area contributed by atoms with Crippen LogP contribution in [-0.2, 0) is 16.1 Å². The maximum Gasteiger partial charge on any atom is 0.225 e. The number of carbonyl (C=O) groups is 1. The summed E-state index contributed by atoms with van der Waals surface area (Å²) in [5.41, 5.74) is 1.34. The van der Waals surface area contributed by atoms with Crippen molar-refractivity contribution in [3.63, 3.8) is 0 Å². The van der Waals surface area contributed by atoms with Gasteiger partial charge in [-0.25, -0.2) is 0 Å². The Hall–Kier alpha value is -2.12. The smallest absolute Gasteiger partial charge is 0.225 e. The number of benzene rings is 1. The van der Waals surface area contributed by atoms with Crippen molar-refractivity contribution in [3.8, 4) is 0 Å². The first-order valence-corrected chi connectivity index (χ1v) is 12.2. The van der Waals surface area contributed by atoms with Gasteiger partial charge in [-0.05, 0) is 45.7 Å². The molecule has 2 aliphatic rings. The number of ether oxygens (including phenoxy) is 1. The zero-order chi connectivity index (χ0) is 22.8. The molecular formula is C25H41N5O2. The van der Waals surface area contributed by atoms with Crippen molar-refractivity contribution in [1.29, 1.82) is 0 Å². The monoisotopic (exact) mass is 443 g/mol. The Balaban J connectivity index is 1.45. The molecule has 0 aromatic heterocycles. The molecule has 2 heterocycles. The Kier molecular flexibility index (Phi) is 9.81. The lowest BCUT2D eigenvalue weighted by Crippen LogP contribution is -2.50. The molecule has 2 fully saturated rings. The fourth-order valence-corrected chi connectivity index (χ4v) is 4.41. The summed E-state index contributed by atoms with van der Waals surface area (Å²) in [4.78, 5) is 24.4. The van der Waals surface area contributed by atoms with E-state index in [0.29, 0.717) is 25.2 Å². The van der Waals surface area contributed by atoms with Crippen LogP contribution in [0.2, 0.25) is 0 Å². The standard InChI is InChI=1S/C25H41N5O2/c1-4-26-25(27-13-10-21(2)28(3)20-22-8-6-5-7-9-22)30-14-11-23(12-15-30)24(31)29-16-18-32-19-17-29/h5-9,21,23H,4,10-20H2,1-3H3,(H,26,27). The van der Waals surface area contributed by atoms with Gasteiger partial charge in [-0.3, -0.25) is 14.7 Å². The molecule has 178 valence electrons. The molecule has 32 heavy (non-hydrogen) atoms. The summed E-state index contributed by atoms with van der Waals surface area (Å²) in [6.07, 6.45) is 2.82. The maximum absolute atomic E-state index is 12.8. The number of morpholine rings is 1. The van der Waals surface area contributed by atoms with E-state index in [1.165, 1.54) is 5.56 Å². The molecule has 7 heteroatoms. The summed E-state index contributed by atoms with van der Waals surface area (Å²) in [6, 6.07) is 11.1. The maximum atomic E-state index is 12.8. The van der Waals surface area contributed by atoms with E-state index in [1.807, 2.05) is 4.90 Å². The van der Waals surface area contributed by atoms with E-state index >= 15 is 0 Å². The number of hydrogen-bond donors (Lipinski definition) is 1. The largest absolute Gasteiger partial charge is 0.378 e. The fraction of sp³-hybridized carbons (Fsp3) is 0.680. The van der Waals surface area contributed by atoms with Gasteiger partial charge < -0.3 is 19.9 Å². The number of likely N-dealkylation sites (tertiary alicyclic amines) is 1. The van der Waals surface area contributed by atoms with Gasteiger partial charge in [0.2, 0.25) is 5.91 Å². The molecular weight excluding hydrogens is 402 g/mol. The average molecular weight is 444 g/mol. The summed E-state index contributed by atoms with van der Waals surface area (Å²) < 4.78 is 5.38. The lowest BCUT2D eigenvalue weighted by atomic mass is 9.95. The number of carbonyl (C=O) groups excluding carboxylic acids is 1. The van der Waals surface area contributed by atoms with E-state index in [1.54, 1.807) is 0 Å². The lowest BCUT2D eigenvalue weighted by Gasteiger charge is -2.36. The fourth-order valence-electron chi connectivity index (χ4n) is 4.41. The van der Waals surface area contributed by atoms with Crippen molar-refractivity contribution in [1.82, 2.24) is 20.0 Å². The highest BCUT2D eigenvalue weighted by molar-refractivity contribution is 5.81. The van der Waals surface area contributed by atoms with Crippen molar-refractivity contribution in [2.75, 3.05) is 59.5 Å². The van der Waals surface area contributed by atoms with Gasteiger partial charge in [-0.1, -0.05) is 30.3 Å². The number of aliphatic imine (C=N–C) groups is 1. The highest BCUT2D eigenvalue weighted by Crippen LogP contribution is 2.20. The normalized spacial score (nSPS) is 19.3. The van der Waals surface area contributed by atoms with Crippen LogP contribution in [-0.4, -0.2) is 92.1 Å². The van der Waals surface area contributed by atoms with Crippen LogP contribution in [0.5, 0.6) is 0 Å². The molecule has 0 aliphatic carbocycles. The molecule has 1 amide bonds. The van der Waals surface area contributed by atoms with Gasteiger partial charge in [0.1, 0.15) is 0 Å². The average Bonchev–Trinajstić information content (AvgIpc) is 2.84. The van der Waals surface area contributed by atoms with E-state index in [9.17, 15) is 4.79 Å². The molecule has 3 rings (SSSR count). The van der Waals surface area contributed by atoms with Gasteiger partial charge in [-0.15, -0.1) is 0 Å². The minimum Gasteiger partial charge on any atom is -0.378 e. The van der Waals surface area contributed by atoms with Crippen LogP contribution in [0.3, 0.4) is 0 Å². The molecule has 1 unspecified atom stereocenters. The first-order chi connectivity index (χ1) is 15.6. The zero-order valence-electron chi connectivity index (χ0n) is 20.1. The number of nitrogens with zero attached hydrogens (tertiary/aromatic N) is 4. The van der Waals surface area contributed by atoms with Crippen LogP contribution < -0.4 is 5.32 Å². The van der Waals surface area contributed by atoms with Gasteiger partial charge in [0.05, 0.1) is 13.2 Å². The number of rotatable bonds is 8. The Morgan fingerprint density at radius 1 is 1.16 bits per heavy atom. The van der Waals surface area contributed by atoms with Crippen LogP contribution >= 0.6 is 0 Å². The summed E-state index contributed by atoms with van der Waals surface area (Å²) in [7, 11) is 2.18. The van der Waals surface area contributed by atoms with E-state index in [2.05, 4.69) is 66.3 Å². The summed E-state index contributed by atoms with van der Waals surface area (Å²) in [5, 5.41) is 3.45. The number of nitrogens with one attached hydrogen (secondary N) is 1. The highest BCUT2D eigenvalue weighted by Gasteiger charge is 2.30. The van der Waals surface area contributed by atoms with Gasteiger partial charge in [0.15, 0.2) is 5.96 Å². The van der Waals surface area contributed by atoms with E-state index < -0.39 is 0 Å². The molecule has 0 spiro atoms. The van der Waals surface area contributed by atoms with Crippen molar-refractivity contribution in [3.05, 3.63) is 35.9 Å². The third-order valence-electron chi connectivity index (χ3n) is 6.64. The molecule has 7 nitrogen and oxygen atoms in total. The summed E-state index contributed by atoms with van der Waals surface area (Å²) in [5.74, 6) is 1.44. The lowest BCUT2D eigenvalue weighted by molar-refractivity contribution is -0.140. The topological polar surface area (TPSA) is 60.4 Å². The third-order valence-corrected chi connectivity index (χ3v) is 6.64. The third kappa shape index (κ3) is 7.20. The number of hydrogen-bond acceptors (Lipinski definition) is 4. The molecule has 1 aromatic carbocycles. The van der Waals surface area contributed by atoms with E-state index in [0.717, 1.165) is 71.0 Å². The zero-order valence-corrected chi connectivity index (χ0v) is 20.1. The van der Waals surface area contributed by atoms with Crippen molar-refractivity contribution < 1.29 is 9.53 Å². The van der Waals surface area contributed by atoms with Gasteiger partial charge in [-0.2, -0.15) is 0 Å². The predicted octanol–water partition coefficient (Wildman–Crippen LogP) is 2.43. The summed E-state index contributed by atoms with van der Waals surface area (Å²) >= 11 is 0. The Bertz CT molecular complexity index is 712. The SMILES string of the molecule is CCNC(=NCCC(C)N(C)Cc1ccccc1)N1CCC(C(=O)N2CCOCC2)CC1. The number of piperidine rings is 1. The molecule has 1 atom stereocenters. The molecule has 1 aromatic rings. The Morgan fingerprint density at radius 3 is 2.50 bits per heavy atom. The number of amides is 1. The number of guanidine groups is 1. The van der Waals surface area contributed by atoms with E-state index in [-0.39, 0.29) is 5.92 Å². The second kappa shape index (κ2) is 12.8. The van der Waals surface area contributed by atoms with Gasteiger partial charge >= 0.3 is 0 Å². The quantitative estimate of drug-likeness (QED) is 0.494. The first kappa shape index (κ1) is 24.5. The van der Waals surface area contributed by atoms with E-state index in [4.69, 9.17) is 9.73 Å². The molecule has 0 bridgehead atoms. The van der Waals surface area contributed by atoms with Gasteiger partial charge in [0.25, 0.3) is 0 Å². The second-order valence-electron chi connectivity index (χ2n) is 8.97. The van der Waals surface area contributed by atoms with Gasteiger partial charge in [0, 0.05) is 57.8 Å². The Morgan fingerprint density at radius 2 is 1.84 bits per heavy atom. The van der Waals surface area contributed by atoms with Crippen molar-refractivity contribution in [2.24, 2.45) is 10.9 Å². The molecule has 0 radical (unpaired) electrons. The van der Waals surface area contributed by atoms with Crippen LogP contribution in [0.15, 0.2) is 35.3 Å². The van der Waals surface area contributed by atoms with Crippen LogP contribution in [0.1, 0.15) is 38.7 Å². The molecule has 2 aliphatic heterocycles. The minimum atomic E-state index is 0.138. The highest BCUT2D eigenvalue weighted by atomic mass is 16.5. The Labute approximate surface area is 193 Å².